The Hall–Kier alpha value is -2.53. The van der Waals surface area contributed by atoms with E-state index in [4.69, 9.17) is 21.1 Å². The van der Waals surface area contributed by atoms with Crippen LogP contribution >= 0.6 is 11.6 Å². The van der Waals surface area contributed by atoms with E-state index in [-0.39, 0.29) is 13.0 Å². The molecule has 2 aromatic rings. The summed E-state index contributed by atoms with van der Waals surface area (Å²) < 4.78 is 10.6. The first-order valence-electron chi connectivity index (χ1n) is 7.89. The van der Waals surface area contributed by atoms with E-state index in [1.807, 2.05) is 31.2 Å². The number of nitrogens with one attached hydrogen (secondary N) is 1. The number of carbonyl (C=O) groups is 2. The predicted octanol–water partition coefficient (Wildman–Crippen LogP) is 3.99. The third-order valence-corrected chi connectivity index (χ3v) is 3.64. The highest BCUT2D eigenvalue weighted by Gasteiger charge is 2.17. The van der Waals surface area contributed by atoms with Crippen molar-refractivity contribution in [3.63, 3.8) is 0 Å². The van der Waals surface area contributed by atoms with Crippen LogP contribution in [0.2, 0.25) is 5.02 Å². The minimum absolute atomic E-state index is 0.0619. The lowest BCUT2D eigenvalue weighted by Gasteiger charge is -2.14. The van der Waals surface area contributed by atoms with Gasteiger partial charge >= 0.3 is 5.97 Å². The molecule has 1 N–H and O–H groups in total. The van der Waals surface area contributed by atoms with Crippen LogP contribution < -0.4 is 10.1 Å². The average molecular weight is 362 g/mol. The minimum Gasteiger partial charge on any atom is -0.493 e. The van der Waals surface area contributed by atoms with Crippen LogP contribution in [-0.4, -0.2) is 24.6 Å². The van der Waals surface area contributed by atoms with Gasteiger partial charge in [0.25, 0.3) is 5.91 Å². The van der Waals surface area contributed by atoms with Crippen LogP contribution in [-0.2, 0) is 14.3 Å². The Morgan fingerprint density at radius 1 is 1.08 bits per heavy atom. The zero-order valence-electron chi connectivity index (χ0n) is 14.1. The van der Waals surface area contributed by atoms with Gasteiger partial charge in [-0.3, -0.25) is 9.59 Å². The quantitative estimate of drug-likeness (QED) is 0.757. The number of esters is 1. The molecule has 6 heteroatoms. The Morgan fingerprint density at radius 2 is 1.72 bits per heavy atom. The molecule has 2 rings (SSSR count). The van der Waals surface area contributed by atoms with Gasteiger partial charge in [-0.25, -0.2) is 0 Å². The molecule has 2 aromatic carbocycles. The number of benzene rings is 2. The lowest BCUT2D eigenvalue weighted by molar-refractivity contribution is -0.153. The molecular weight excluding hydrogens is 342 g/mol. The van der Waals surface area contributed by atoms with Crippen molar-refractivity contribution in [3.8, 4) is 5.75 Å². The van der Waals surface area contributed by atoms with Gasteiger partial charge in [-0.05, 0) is 50.2 Å². The summed E-state index contributed by atoms with van der Waals surface area (Å²) in [5.74, 6) is -0.215. The standard InChI is InChI=1S/C19H20ClNO4/c1-13-3-9-17(10-4-13)24-12-11-18(22)25-14(2)19(23)21-16-7-5-15(20)6-8-16/h3-10,14H,11-12H2,1-2H3,(H,21,23)/t14-/m1/s1. The van der Waals surface area contributed by atoms with Crippen molar-refractivity contribution < 1.29 is 19.1 Å². The normalized spacial score (nSPS) is 11.5. The second-order valence-corrected chi connectivity index (χ2v) is 5.98. The van der Waals surface area contributed by atoms with Crippen molar-refractivity contribution in [2.75, 3.05) is 11.9 Å². The topological polar surface area (TPSA) is 64.6 Å². The van der Waals surface area contributed by atoms with Crippen molar-refractivity contribution in [2.24, 2.45) is 0 Å². The van der Waals surface area contributed by atoms with Crippen LogP contribution in [0.4, 0.5) is 5.69 Å². The zero-order chi connectivity index (χ0) is 18.2. The van der Waals surface area contributed by atoms with Crippen LogP contribution in [0.1, 0.15) is 18.9 Å². The third-order valence-electron chi connectivity index (χ3n) is 3.39. The summed E-state index contributed by atoms with van der Waals surface area (Å²) in [6.45, 7) is 3.69. The lowest BCUT2D eigenvalue weighted by Crippen LogP contribution is -2.30. The summed E-state index contributed by atoms with van der Waals surface area (Å²) in [6.07, 6.45) is -0.838. The van der Waals surface area contributed by atoms with Crippen molar-refractivity contribution in [3.05, 3.63) is 59.1 Å². The van der Waals surface area contributed by atoms with Crippen molar-refractivity contribution >= 4 is 29.2 Å². The molecule has 0 radical (unpaired) electrons. The van der Waals surface area contributed by atoms with Gasteiger partial charge in [0.05, 0.1) is 13.0 Å². The summed E-state index contributed by atoms with van der Waals surface area (Å²) in [6, 6.07) is 14.2. The average Bonchev–Trinajstić information content (AvgIpc) is 2.58. The first-order valence-corrected chi connectivity index (χ1v) is 8.27. The van der Waals surface area contributed by atoms with E-state index in [2.05, 4.69) is 5.32 Å². The Bertz CT molecular complexity index is 713. The van der Waals surface area contributed by atoms with Gasteiger partial charge in [0.2, 0.25) is 0 Å². The number of ether oxygens (including phenoxy) is 2. The maximum absolute atomic E-state index is 12.0. The molecule has 0 heterocycles. The van der Waals surface area contributed by atoms with E-state index in [1.165, 1.54) is 6.92 Å². The van der Waals surface area contributed by atoms with Crippen LogP contribution in [0, 0.1) is 6.92 Å². The fourth-order valence-corrected chi connectivity index (χ4v) is 2.10. The predicted molar refractivity (Wildman–Crippen MR) is 96.9 cm³/mol. The van der Waals surface area contributed by atoms with E-state index in [1.54, 1.807) is 24.3 Å². The van der Waals surface area contributed by atoms with Gasteiger partial charge in [0, 0.05) is 10.7 Å². The lowest BCUT2D eigenvalue weighted by atomic mass is 10.2. The smallest absolute Gasteiger partial charge is 0.310 e. The largest absolute Gasteiger partial charge is 0.493 e. The van der Waals surface area contributed by atoms with E-state index >= 15 is 0 Å². The number of hydrogen-bond donors (Lipinski definition) is 1. The van der Waals surface area contributed by atoms with Gasteiger partial charge in [0.15, 0.2) is 6.10 Å². The summed E-state index contributed by atoms with van der Waals surface area (Å²) in [4.78, 5) is 23.8. The highest BCUT2D eigenvalue weighted by Crippen LogP contribution is 2.14. The first-order chi connectivity index (χ1) is 11.9. The van der Waals surface area contributed by atoms with Gasteiger partial charge in [-0.2, -0.15) is 0 Å². The molecule has 0 aliphatic heterocycles. The molecule has 0 unspecified atom stereocenters. The summed E-state index contributed by atoms with van der Waals surface area (Å²) in [7, 11) is 0. The fourth-order valence-electron chi connectivity index (χ4n) is 1.97. The highest BCUT2D eigenvalue weighted by atomic mass is 35.5. The number of halogens is 1. The Morgan fingerprint density at radius 3 is 2.36 bits per heavy atom. The number of carbonyl (C=O) groups excluding carboxylic acids is 2. The summed E-state index contributed by atoms with van der Waals surface area (Å²) >= 11 is 5.79. The molecule has 0 aliphatic carbocycles. The van der Waals surface area contributed by atoms with Gasteiger partial charge in [0.1, 0.15) is 5.75 Å². The van der Waals surface area contributed by atoms with E-state index in [0.29, 0.717) is 16.5 Å². The maximum atomic E-state index is 12.0. The zero-order valence-corrected chi connectivity index (χ0v) is 14.9. The molecule has 0 fully saturated rings. The Kier molecular flexibility index (Phi) is 6.83. The van der Waals surface area contributed by atoms with E-state index in [0.717, 1.165) is 5.56 Å². The Balaban J connectivity index is 1.72. The molecule has 132 valence electrons. The molecule has 5 nitrogen and oxygen atoms in total. The Labute approximate surface area is 151 Å². The van der Waals surface area contributed by atoms with Crippen LogP contribution in [0.3, 0.4) is 0 Å². The number of anilines is 1. The van der Waals surface area contributed by atoms with Gasteiger partial charge in [-0.1, -0.05) is 29.3 Å². The maximum Gasteiger partial charge on any atom is 0.310 e. The van der Waals surface area contributed by atoms with Crippen molar-refractivity contribution in [1.82, 2.24) is 0 Å². The molecular formula is C19H20ClNO4. The first kappa shape index (κ1) is 18.8. The van der Waals surface area contributed by atoms with E-state index < -0.39 is 18.0 Å². The highest BCUT2D eigenvalue weighted by molar-refractivity contribution is 6.30. The minimum atomic E-state index is -0.900. The molecule has 0 aromatic heterocycles. The molecule has 0 aliphatic rings. The van der Waals surface area contributed by atoms with E-state index in [9.17, 15) is 9.59 Å². The van der Waals surface area contributed by atoms with Crippen molar-refractivity contribution in [2.45, 2.75) is 26.4 Å². The molecule has 1 atom stereocenters. The van der Waals surface area contributed by atoms with Gasteiger partial charge in [-0.15, -0.1) is 0 Å². The number of aryl methyl sites for hydroxylation is 1. The molecule has 1 amide bonds. The molecule has 25 heavy (non-hydrogen) atoms. The molecule has 0 saturated heterocycles. The number of rotatable bonds is 7. The monoisotopic (exact) mass is 361 g/mol. The number of amides is 1. The van der Waals surface area contributed by atoms with Crippen LogP contribution in [0.15, 0.2) is 48.5 Å². The fraction of sp³-hybridized carbons (Fsp3) is 0.263. The molecule has 0 saturated carbocycles. The third kappa shape index (κ3) is 6.47. The summed E-state index contributed by atoms with van der Waals surface area (Å²) in [5.41, 5.74) is 1.72. The second kappa shape index (κ2) is 9.08. The van der Waals surface area contributed by atoms with Crippen molar-refractivity contribution in [1.29, 1.82) is 0 Å². The van der Waals surface area contributed by atoms with Crippen LogP contribution in [0.25, 0.3) is 0 Å². The molecule has 0 spiro atoms. The summed E-state index contributed by atoms with van der Waals surface area (Å²) in [5, 5.41) is 3.23. The number of hydrogen-bond acceptors (Lipinski definition) is 4. The van der Waals surface area contributed by atoms with Crippen LogP contribution in [0.5, 0.6) is 5.75 Å². The second-order valence-electron chi connectivity index (χ2n) is 5.54. The molecule has 0 bridgehead atoms. The van der Waals surface area contributed by atoms with Gasteiger partial charge < -0.3 is 14.8 Å². The SMILES string of the molecule is Cc1ccc(OCCC(=O)O[C@H](C)C(=O)Nc2ccc(Cl)cc2)cc1.